The molecule has 0 bridgehead atoms. The molecule has 5 rings (SSSR count). The number of nitrogens with one attached hydrogen (secondary N) is 1. The molecule has 3 aromatic rings. The van der Waals surface area contributed by atoms with E-state index in [4.69, 9.17) is 4.74 Å². The van der Waals surface area contributed by atoms with Crippen molar-refractivity contribution in [3.8, 4) is 5.75 Å². The number of methoxy groups -OCH3 is 1. The molecule has 2 aliphatic rings. The van der Waals surface area contributed by atoms with Crippen LogP contribution in [-0.4, -0.2) is 41.4 Å². The first kappa shape index (κ1) is 17.0. The fourth-order valence-corrected chi connectivity index (χ4v) is 4.45. The van der Waals surface area contributed by atoms with Crippen molar-refractivity contribution < 1.29 is 14.3 Å². The molecule has 0 radical (unpaired) electrons. The lowest BCUT2D eigenvalue weighted by molar-refractivity contribution is -0.123. The zero-order chi connectivity index (χ0) is 19.3. The molecular weight excluding hydrogens is 354 g/mol. The number of fused-ring (bicyclic) bond motifs is 3. The number of nitrogens with zero attached hydrogens (tertiary/aromatic N) is 2. The maximum Gasteiger partial charge on any atom is 0.251 e. The molecule has 2 amide bonds. The van der Waals surface area contributed by atoms with Crippen LogP contribution in [0.3, 0.4) is 0 Å². The average Bonchev–Trinajstić information content (AvgIpc) is 3.24. The van der Waals surface area contributed by atoms with Gasteiger partial charge in [0.2, 0.25) is 5.91 Å². The fourth-order valence-electron chi connectivity index (χ4n) is 4.45. The van der Waals surface area contributed by atoms with Gasteiger partial charge < -0.3 is 9.72 Å². The number of hydrogen-bond acceptors (Lipinski definition) is 4. The minimum Gasteiger partial charge on any atom is -0.495 e. The van der Waals surface area contributed by atoms with Crippen LogP contribution >= 0.6 is 0 Å². The number of aromatic amines is 1. The third kappa shape index (κ3) is 2.52. The first-order valence-electron chi connectivity index (χ1n) is 9.49. The summed E-state index contributed by atoms with van der Waals surface area (Å²) in [7, 11) is 1.55. The van der Waals surface area contributed by atoms with E-state index in [9.17, 15) is 9.59 Å². The van der Waals surface area contributed by atoms with Gasteiger partial charge in [-0.15, -0.1) is 0 Å². The highest BCUT2D eigenvalue weighted by atomic mass is 16.5. The topological polar surface area (TPSA) is 65.6 Å². The molecule has 1 fully saturated rings. The number of H-pyrrole nitrogens is 1. The normalized spacial score (nSPS) is 20.0. The molecule has 6 nitrogen and oxygen atoms in total. The van der Waals surface area contributed by atoms with Crippen molar-refractivity contribution in [3.05, 3.63) is 59.8 Å². The van der Waals surface area contributed by atoms with Gasteiger partial charge in [0, 0.05) is 29.7 Å². The summed E-state index contributed by atoms with van der Waals surface area (Å²) < 4.78 is 5.35. The Labute approximate surface area is 162 Å². The molecule has 3 heterocycles. The first-order valence-corrected chi connectivity index (χ1v) is 9.49. The van der Waals surface area contributed by atoms with Crippen molar-refractivity contribution in [3.63, 3.8) is 0 Å². The van der Waals surface area contributed by atoms with Gasteiger partial charge in [-0.25, -0.2) is 4.90 Å². The van der Waals surface area contributed by atoms with E-state index in [0.717, 1.165) is 24.2 Å². The van der Waals surface area contributed by atoms with Gasteiger partial charge in [0.25, 0.3) is 5.91 Å². The molecule has 0 unspecified atom stereocenters. The fraction of sp³-hybridized carbons (Fsp3) is 0.273. The number of carbonyl (C=O) groups excluding carboxylic acids is 2. The van der Waals surface area contributed by atoms with Gasteiger partial charge in [-0.2, -0.15) is 0 Å². The number of carbonyl (C=O) groups is 2. The summed E-state index contributed by atoms with van der Waals surface area (Å²) in [6.07, 6.45) is 1.07. The summed E-state index contributed by atoms with van der Waals surface area (Å²) in [5.74, 6) is 0.178. The maximum atomic E-state index is 13.2. The summed E-state index contributed by atoms with van der Waals surface area (Å²) in [6.45, 7) is 1.41. The van der Waals surface area contributed by atoms with E-state index in [0.29, 0.717) is 18.0 Å². The third-order valence-electron chi connectivity index (χ3n) is 5.80. The van der Waals surface area contributed by atoms with E-state index in [-0.39, 0.29) is 18.2 Å². The lowest BCUT2D eigenvalue weighted by atomic mass is 10.0. The van der Waals surface area contributed by atoms with Gasteiger partial charge in [0.15, 0.2) is 0 Å². The number of rotatable bonds is 3. The number of ether oxygens (including phenoxy) is 1. The zero-order valence-electron chi connectivity index (χ0n) is 15.6. The molecule has 6 heteroatoms. The molecule has 1 saturated heterocycles. The van der Waals surface area contributed by atoms with Crippen LogP contribution in [0, 0.1) is 0 Å². The van der Waals surface area contributed by atoms with E-state index in [1.165, 1.54) is 15.8 Å². The largest absolute Gasteiger partial charge is 0.495 e. The molecule has 1 N–H and O–H groups in total. The van der Waals surface area contributed by atoms with Gasteiger partial charge in [0.1, 0.15) is 5.75 Å². The van der Waals surface area contributed by atoms with Crippen LogP contribution in [-0.2, 0) is 22.6 Å². The predicted molar refractivity (Wildman–Crippen MR) is 106 cm³/mol. The van der Waals surface area contributed by atoms with Crippen molar-refractivity contribution >= 4 is 28.4 Å². The van der Waals surface area contributed by atoms with Crippen molar-refractivity contribution in [2.24, 2.45) is 0 Å². The second-order valence-corrected chi connectivity index (χ2v) is 7.31. The standard InChI is InChI=1S/C22H21N3O3/c1-28-20-9-5-4-8-18(20)25-21(26)12-19(22(25)27)24-11-10-15-14-6-2-3-7-16(14)23-17(15)13-24/h2-9,19,23H,10-13H2,1H3/t19-/m0/s1. The lowest BCUT2D eigenvalue weighted by Crippen LogP contribution is -2.44. The van der Waals surface area contributed by atoms with Gasteiger partial charge in [-0.1, -0.05) is 30.3 Å². The Morgan fingerprint density at radius 2 is 1.86 bits per heavy atom. The molecule has 0 spiro atoms. The number of para-hydroxylation sites is 3. The van der Waals surface area contributed by atoms with Crippen LogP contribution in [0.1, 0.15) is 17.7 Å². The maximum absolute atomic E-state index is 13.2. The number of anilines is 1. The highest BCUT2D eigenvalue weighted by molar-refractivity contribution is 6.23. The Kier molecular flexibility index (Phi) is 3.94. The van der Waals surface area contributed by atoms with Crippen LogP contribution in [0.4, 0.5) is 5.69 Å². The summed E-state index contributed by atoms with van der Waals surface area (Å²) in [6, 6.07) is 15.0. The molecule has 0 aliphatic carbocycles. The molecule has 142 valence electrons. The average molecular weight is 375 g/mol. The number of amides is 2. The Balaban J connectivity index is 1.43. The summed E-state index contributed by atoms with van der Waals surface area (Å²) in [5, 5.41) is 1.25. The quantitative estimate of drug-likeness (QED) is 0.715. The second-order valence-electron chi connectivity index (χ2n) is 7.31. The van der Waals surface area contributed by atoms with Crippen LogP contribution in [0.15, 0.2) is 48.5 Å². The monoisotopic (exact) mass is 375 g/mol. The van der Waals surface area contributed by atoms with Gasteiger partial charge >= 0.3 is 0 Å². The molecule has 28 heavy (non-hydrogen) atoms. The minimum absolute atomic E-state index is 0.172. The van der Waals surface area contributed by atoms with E-state index in [1.807, 2.05) is 24.3 Å². The summed E-state index contributed by atoms with van der Waals surface area (Å²) in [4.78, 5) is 32.8. The van der Waals surface area contributed by atoms with E-state index >= 15 is 0 Å². The van der Waals surface area contributed by atoms with Gasteiger partial charge in [-0.05, 0) is 30.2 Å². The number of aromatic nitrogens is 1. The Bertz CT molecular complexity index is 1090. The molecule has 1 aromatic heterocycles. The number of hydrogen-bond donors (Lipinski definition) is 1. The Morgan fingerprint density at radius 1 is 1.07 bits per heavy atom. The van der Waals surface area contributed by atoms with E-state index in [1.54, 1.807) is 19.2 Å². The smallest absolute Gasteiger partial charge is 0.251 e. The van der Waals surface area contributed by atoms with Gasteiger partial charge in [-0.3, -0.25) is 14.5 Å². The van der Waals surface area contributed by atoms with Crippen molar-refractivity contribution in [2.75, 3.05) is 18.6 Å². The molecule has 1 atom stereocenters. The van der Waals surface area contributed by atoms with Crippen molar-refractivity contribution in [1.29, 1.82) is 0 Å². The number of imide groups is 1. The minimum atomic E-state index is -0.433. The number of benzene rings is 2. The third-order valence-corrected chi connectivity index (χ3v) is 5.80. The Morgan fingerprint density at radius 3 is 2.71 bits per heavy atom. The van der Waals surface area contributed by atoms with Gasteiger partial charge in [0.05, 0.1) is 25.3 Å². The van der Waals surface area contributed by atoms with Crippen LogP contribution in [0.2, 0.25) is 0 Å². The van der Waals surface area contributed by atoms with Crippen molar-refractivity contribution in [1.82, 2.24) is 9.88 Å². The van der Waals surface area contributed by atoms with Crippen LogP contribution in [0.5, 0.6) is 5.75 Å². The lowest BCUT2D eigenvalue weighted by Gasteiger charge is -2.30. The summed E-state index contributed by atoms with van der Waals surface area (Å²) in [5.41, 5.74) is 4.11. The predicted octanol–water partition coefficient (Wildman–Crippen LogP) is 2.87. The van der Waals surface area contributed by atoms with Crippen LogP contribution in [0.25, 0.3) is 10.9 Å². The molecule has 2 aliphatic heterocycles. The molecule has 2 aromatic carbocycles. The Hall–Kier alpha value is -3.12. The molecular formula is C22H21N3O3. The zero-order valence-corrected chi connectivity index (χ0v) is 15.6. The highest BCUT2D eigenvalue weighted by Gasteiger charge is 2.44. The highest BCUT2D eigenvalue weighted by Crippen LogP contribution is 2.35. The first-order chi connectivity index (χ1) is 13.7. The van der Waals surface area contributed by atoms with Crippen LogP contribution < -0.4 is 9.64 Å². The van der Waals surface area contributed by atoms with E-state index < -0.39 is 6.04 Å². The molecule has 0 saturated carbocycles. The summed E-state index contributed by atoms with van der Waals surface area (Å²) >= 11 is 0. The SMILES string of the molecule is COc1ccccc1N1C(=O)C[C@H](N2CCc3c([nH]c4ccccc34)C2)C1=O. The van der Waals surface area contributed by atoms with Crippen molar-refractivity contribution in [2.45, 2.75) is 25.4 Å². The second kappa shape index (κ2) is 6.49. The van der Waals surface area contributed by atoms with E-state index in [2.05, 4.69) is 22.0 Å².